The number of hydrogen-bond donors (Lipinski definition) is 0. The molecule has 0 bridgehead atoms. The molecule has 0 saturated carbocycles. The smallest absolute Gasteiger partial charge is 0.348 e. The van der Waals surface area contributed by atoms with E-state index in [0.717, 1.165) is 19.3 Å². The van der Waals surface area contributed by atoms with Gasteiger partial charge >= 0.3 is 5.69 Å². The average molecular weight is 315 g/mol. The van der Waals surface area contributed by atoms with E-state index in [1.54, 1.807) is 0 Å². The molecule has 1 atom stereocenters. The number of anilines is 2. The molecule has 9 nitrogen and oxygen atoms in total. The predicted octanol–water partition coefficient (Wildman–Crippen LogP) is 1.62. The molecule has 1 saturated heterocycles. The van der Waals surface area contributed by atoms with Crippen LogP contribution < -0.4 is 9.80 Å². The van der Waals surface area contributed by atoms with Crippen LogP contribution in [0.5, 0.6) is 0 Å². The molecule has 1 unspecified atom stereocenters. The van der Waals surface area contributed by atoms with Gasteiger partial charge in [-0.15, -0.1) is 0 Å². The maximum absolute atomic E-state index is 11.6. The van der Waals surface area contributed by atoms with E-state index in [2.05, 4.69) is 9.97 Å². The van der Waals surface area contributed by atoms with Crippen LogP contribution in [0.25, 0.3) is 0 Å². The Morgan fingerprint density at radius 1 is 1.39 bits per heavy atom. The zero-order valence-corrected chi connectivity index (χ0v) is 12.8. The lowest BCUT2D eigenvalue weighted by Crippen LogP contribution is -2.39. The van der Waals surface area contributed by atoms with Gasteiger partial charge in [0.05, 0.1) is 17.1 Å². The summed E-state index contributed by atoms with van der Waals surface area (Å²) in [6.45, 7) is 2.39. The summed E-state index contributed by atoms with van der Waals surface area (Å²) in [6, 6.07) is 3.95. The van der Waals surface area contributed by atoms with E-state index in [1.165, 1.54) is 11.2 Å². The number of aromatic nitrogens is 2. The Balaban J connectivity index is 2.52. The third kappa shape index (κ3) is 3.46. The summed E-state index contributed by atoms with van der Waals surface area (Å²) in [7, 11) is 0. The molecule has 1 aromatic rings. The summed E-state index contributed by atoms with van der Waals surface area (Å²) in [4.78, 5) is 22.4. The minimum Gasteiger partial charge on any atom is -0.348 e. The van der Waals surface area contributed by atoms with E-state index in [0.29, 0.717) is 6.54 Å². The zero-order chi connectivity index (χ0) is 16.8. The Morgan fingerprint density at radius 3 is 2.65 bits per heavy atom. The predicted molar refractivity (Wildman–Crippen MR) is 82.8 cm³/mol. The zero-order valence-electron chi connectivity index (χ0n) is 12.8. The Labute approximate surface area is 133 Å². The lowest BCUT2D eigenvalue weighted by atomic mass is 10.0. The van der Waals surface area contributed by atoms with Gasteiger partial charge in [0.2, 0.25) is 11.6 Å². The van der Waals surface area contributed by atoms with Gasteiger partial charge in [0.25, 0.3) is 0 Å². The summed E-state index contributed by atoms with van der Waals surface area (Å²) < 4.78 is 0. The molecule has 0 aliphatic carbocycles. The van der Waals surface area contributed by atoms with E-state index >= 15 is 0 Å². The Bertz CT molecular complexity index is 648. The van der Waals surface area contributed by atoms with E-state index in [4.69, 9.17) is 10.5 Å². The molecule has 1 aliphatic rings. The maximum Gasteiger partial charge on any atom is 0.353 e. The molecule has 0 radical (unpaired) electrons. The fourth-order valence-corrected chi connectivity index (χ4v) is 2.75. The van der Waals surface area contributed by atoms with Crippen LogP contribution in [0.1, 0.15) is 26.2 Å². The Morgan fingerprint density at radius 2 is 2.09 bits per heavy atom. The highest BCUT2D eigenvalue weighted by Crippen LogP contribution is 2.36. The van der Waals surface area contributed by atoms with E-state index in [1.807, 2.05) is 24.0 Å². The third-order valence-electron chi connectivity index (χ3n) is 3.86. The second-order valence-corrected chi connectivity index (χ2v) is 5.34. The molecule has 2 rings (SSSR count). The first-order chi connectivity index (χ1) is 11.1. The van der Waals surface area contributed by atoms with Gasteiger partial charge in [0.1, 0.15) is 19.4 Å². The highest BCUT2D eigenvalue weighted by atomic mass is 16.6. The minimum absolute atomic E-state index is 0.0147. The monoisotopic (exact) mass is 315 g/mol. The minimum atomic E-state index is -0.534. The van der Waals surface area contributed by atoms with Gasteiger partial charge in [-0.1, -0.05) is 0 Å². The molecule has 1 fully saturated rings. The molecule has 0 N–H and O–H groups in total. The van der Waals surface area contributed by atoms with Crippen molar-refractivity contribution in [1.29, 1.82) is 10.5 Å². The van der Waals surface area contributed by atoms with Crippen LogP contribution in [0.3, 0.4) is 0 Å². The van der Waals surface area contributed by atoms with Crippen LogP contribution in [0, 0.1) is 32.8 Å². The van der Waals surface area contributed by atoms with Crippen molar-refractivity contribution < 1.29 is 4.92 Å². The number of rotatable bonds is 5. The van der Waals surface area contributed by atoms with Crippen molar-refractivity contribution in [3.05, 3.63) is 16.4 Å². The molecule has 1 aliphatic heterocycles. The molecule has 9 heteroatoms. The number of hydrogen-bond acceptors (Lipinski definition) is 8. The molecule has 0 amide bonds. The van der Waals surface area contributed by atoms with Crippen molar-refractivity contribution in [1.82, 2.24) is 9.97 Å². The van der Waals surface area contributed by atoms with Crippen LogP contribution in [0.2, 0.25) is 0 Å². The maximum atomic E-state index is 11.6. The van der Waals surface area contributed by atoms with Crippen molar-refractivity contribution in [3.63, 3.8) is 0 Å². The summed E-state index contributed by atoms with van der Waals surface area (Å²) in [5.74, 6) is 0.272. The van der Waals surface area contributed by atoms with Gasteiger partial charge in [0.15, 0.2) is 0 Å². The SMILES string of the molecule is CC1CCCCN1c1ncnc(N(CC#N)CC#N)c1[N+](=O)[O-]. The lowest BCUT2D eigenvalue weighted by Gasteiger charge is -2.34. The van der Waals surface area contributed by atoms with Crippen molar-refractivity contribution >= 4 is 17.3 Å². The van der Waals surface area contributed by atoms with Gasteiger partial charge in [0, 0.05) is 12.6 Å². The molecule has 23 heavy (non-hydrogen) atoms. The van der Waals surface area contributed by atoms with E-state index in [-0.39, 0.29) is 36.5 Å². The van der Waals surface area contributed by atoms with Gasteiger partial charge in [-0.05, 0) is 26.2 Å². The molecule has 2 heterocycles. The average Bonchev–Trinajstić information content (AvgIpc) is 2.54. The number of piperidine rings is 1. The summed E-state index contributed by atoms with van der Waals surface area (Å²) >= 11 is 0. The van der Waals surface area contributed by atoms with Crippen molar-refractivity contribution in [2.45, 2.75) is 32.2 Å². The Hall–Kier alpha value is -2.94. The van der Waals surface area contributed by atoms with Crippen LogP contribution in [-0.4, -0.2) is 40.6 Å². The molecule has 0 spiro atoms. The summed E-state index contributed by atoms with van der Waals surface area (Å²) in [6.07, 6.45) is 4.22. The second kappa shape index (κ2) is 7.36. The van der Waals surface area contributed by atoms with E-state index in [9.17, 15) is 10.1 Å². The largest absolute Gasteiger partial charge is 0.353 e. The van der Waals surface area contributed by atoms with Crippen LogP contribution in [-0.2, 0) is 0 Å². The topological polar surface area (TPSA) is 123 Å². The van der Waals surface area contributed by atoms with Crippen molar-refractivity contribution in [2.75, 3.05) is 29.4 Å². The van der Waals surface area contributed by atoms with Crippen molar-refractivity contribution in [2.24, 2.45) is 0 Å². The van der Waals surface area contributed by atoms with Gasteiger partial charge < -0.3 is 9.80 Å². The first-order valence-electron chi connectivity index (χ1n) is 7.35. The number of nitriles is 2. The highest BCUT2D eigenvalue weighted by Gasteiger charge is 2.32. The quantitative estimate of drug-likeness (QED) is 0.456. The molecular formula is C14H17N7O2. The normalized spacial score (nSPS) is 17.2. The summed E-state index contributed by atoms with van der Waals surface area (Å²) in [5, 5.41) is 29.4. The van der Waals surface area contributed by atoms with Crippen LogP contribution >= 0.6 is 0 Å². The van der Waals surface area contributed by atoms with E-state index < -0.39 is 4.92 Å². The fraction of sp³-hybridized carbons (Fsp3) is 0.571. The Kier molecular flexibility index (Phi) is 5.26. The van der Waals surface area contributed by atoms with Crippen LogP contribution in [0.4, 0.5) is 17.3 Å². The molecule has 0 aromatic carbocycles. The van der Waals surface area contributed by atoms with Gasteiger partial charge in [-0.2, -0.15) is 10.5 Å². The lowest BCUT2D eigenvalue weighted by molar-refractivity contribution is -0.383. The van der Waals surface area contributed by atoms with Crippen LogP contribution in [0.15, 0.2) is 6.33 Å². The number of nitro groups is 1. The van der Waals surface area contributed by atoms with Gasteiger partial charge in [-0.25, -0.2) is 9.97 Å². The highest BCUT2D eigenvalue weighted by molar-refractivity contribution is 5.72. The third-order valence-corrected chi connectivity index (χ3v) is 3.86. The summed E-state index contributed by atoms with van der Waals surface area (Å²) in [5.41, 5.74) is -0.244. The standard InChI is InChI=1S/C14H17N7O2/c1-11-4-2-3-7-20(11)14-12(21(22)23)13(17-10-18-14)19(8-5-15)9-6-16/h10-11H,2-4,7-9H2,1H3. The molecule has 120 valence electrons. The molecule has 1 aromatic heterocycles. The second-order valence-electron chi connectivity index (χ2n) is 5.34. The number of nitrogens with zero attached hydrogens (tertiary/aromatic N) is 7. The first kappa shape index (κ1) is 16.4. The molecular weight excluding hydrogens is 298 g/mol. The fourth-order valence-electron chi connectivity index (χ4n) is 2.75. The first-order valence-corrected chi connectivity index (χ1v) is 7.35. The van der Waals surface area contributed by atoms with Crippen molar-refractivity contribution in [3.8, 4) is 12.1 Å². The van der Waals surface area contributed by atoms with Gasteiger partial charge in [-0.3, -0.25) is 10.1 Å².